The fourth-order valence-electron chi connectivity index (χ4n) is 1.33. The van der Waals surface area contributed by atoms with E-state index < -0.39 is 23.1 Å². The van der Waals surface area contributed by atoms with Gasteiger partial charge in [0.25, 0.3) is 0 Å². The molecule has 0 N–H and O–H groups in total. The normalized spacial score (nSPS) is 12.7. The molecule has 0 heterocycles. The summed E-state index contributed by atoms with van der Waals surface area (Å²) in [4.78, 5) is 22.8. The third-order valence-corrected chi connectivity index (χ3v) is 2.02. The van der Waals surface area contributed by atoms with Crippen LogP contribution < -0.4 is 0 Å². The number of hydrogen-bond donors (Lipinski definition) is 0. The highest BCUT2D eigenvalue weighted by Crippen LogP contribution is 2.22. The first-order valence-corrected chi connectivity index (χ1v) is 5.81. The van der Waals surface area contributed by atoms with Crippen molar-refractivity contribution in [1.82, 2.24) is 0 Å². The van der Waals surface area contributed by atoms with Crippen molar-refractivity contribution in [2.75, 3.05) is 0 Å². The summed E-state index contributed by atoms with van der Waals surface area (Å²) in [6.45, 7) is 5.19. The van der Waals surface area contributed by atoms with E-state index in [-0.39, 0.29) is 0 Å². The van der Waals surface area contributed by atoms with E-state index in [1.165, 1.54) is 0 Å². The molecule has 5 heteroatoms. The standard InChI is InChI=1S/C13H15ClO4/c1-13(2,3)18-11(15)10(17-12(14)16)9-7-5-4-6-8-9/h4-8,10H,1-3H3. The molecule has 0 aliphatic rings. The molecule has 0 spiro atoms. The Morgan fingerprint density at radius 3 is 2.17 bits per heavy atom. The lowest BCUT2D eigenvalue weighted by molar-refractivity contribution is -0.165. The second-order valence-electron chi connectivity index (χ2n) is 4.68. The Morgan fingerprint density at radius 2 is 1.72 bits per heavy atom. The molecule has 18 heavy (non-hydrogen) atoms. The predicted molar refractivity (Wildman–Crippen MR) is 67.4 cm³/mol. The Labute approximate surface area is 111 Å². The summed E-state index contributed by atoms with van der Waals surface area (Å²) >= 11 is 5.17. The summed E-state index contributed by atoms with van der Waals surface area (Å²) < 4.78 is 9.98. The Bertz CT molecular complexity index is 422. The Hall–Kier alpha value is -1.55. The van der Waals surface area contributed by atoms with E-state index in [4.69, 9.17) is 21.1 Å². The van der Waals surface area contributed by atoms with Gasteiger partial charge in [0.1, 0.15) is 5.60 Å². The maximum atomic E-state index is 11.9. The second kappa shape index (κ2) is 5.87. The van der Waals surface area contributed by atoms with Gasteiger partial charge in [0, 0.05) is 17.2 Å². The van der Waals surface area contributed by atoms with Crippen molar-refractivity contribution in [1.29, 1.82) is 0 Å². The first-order valence-electron chi connectivity index (χ1n) is 5.43. The van der Waals surface area contributed by atoms with Crippen LogP contribution in [0.4, 0.5) is 4.79 Å². The zero-order valence-corrected chi connectivity index (χ0v) is 11.2. The largest absolute Gasteiger partial charge is 0.457 e. The minimum absolute atomic E-state index is 0.515. The Balaban J connectivity index is 2.92. The van der Waals surface area contributed by atoms with Gasteiger partial charge in [-0.1, -0.05) is 30.3 Å². The molecule has 0 aromatic heterocycles. The van der Waals surface area contributed by atoms with Crippen LogP contribution >= 0.6 is 11.6 Å². The lowest BCUT2D eigenvalue weighted by Gasteiger charge is -2.23. The van der Waals surface area contributed by atoms with Crippen molar-refractivity contribution in [3.63, 3.8) is 0 Å². The van der Waals surface area contributed by atoms with Gasteiger partial charge in [-0.15, -0.1) is 0 Å². The molecule has 0 saturated heterocycles. The van der Waals surface area contributed by atoms with Crippen LogP contribution in [0.3, 0.4) is 0 Å². The third kappa shape index (κ3) is 4.75. The van der Waals surface area contributed by atoms with E-state index >= 15 is 0 Å². The fraction of sp³-hybridized carbons (Fsp3) is 0.385. The second-order valence-corrected chi connectivity index (χ2v) is 4.99. The Morgan fingerprint density at radius 1 is 1.17 bits per heavy atom. The van der Waals surface area contributed by atoms with Crippen LogP contribution in [-0.2, 0) is 14.3 Å². The van der Waals surface area contributed by atoms with E-state index in [2.05, 4.69) is 0 Å². The lowest BCUT2D eigenvalue weighted by Crippen LogP contribution is -2.29. The molecule has 0 saturated carbocycles. The van der Waals surface area contributed by atoms with Crippen LogP contribution in [0.2, 0.25) is 0 Å². The Kier molecular flexibility index (Phi) is 4.73. The van der Waals surface area contributed by atoms with Crippen LogP contribution in [0.5, 0.6) is 0 Å². The molecule has 1 unspecified atom stereocenters. The first kappa shape index (κ1) is 14.5. The SMILES string of the molecule is CC(C)(C)OC(=O)C(OC(=O)Cl)c1ccccc1. The fourth-order valence-corrected chi connectivity index (χ4v) is 1.42. The molecule has 4 nitrogen and oxygen atoms in total. The van der Waals surface area contributed by atoms with Gasteiger partial charge < -0.3 is 9.47 Å². The summed E-state index contributed by atoms with van der Waals surface area (Å²) in [6.07, 6.45) is -1.14. The van der Waals surface area contributed by atoms with Gasteiger partial charge in [-0.3, -0.25) is 0 Å². The van der Waals surface area contributed by atoms with Gasteiger partial charge in [-0.2, -0.15) is 0 Å². The number of rotatable bonds is 3. The average Bonchev–Trinajstić information content (AvgIpc) is 2.24. The van der Waals surface area contributed by atoms with Gasteiger partial charge >= 0.3 is 11.4 Å². The predicted octanol–water partition coefficient (Wildman–Crippen LogP) is 3.44. The monoisotopic (exact) mass is 270 g/mol. The maximum Gasteiger partial charge on any atom is 0.404 e. The quantitative estimate of drug-likeness (QED) is 0.624. The number of hydrogen-bond acceptors (Lipinski definition) is 4. The number of ether oxygens (including phenoxy) is 2. The van der Waals surface area contributed by atoms with E-state index in [0.29, 0.717) is 5.56 Å². The van der Waals surface area contributed by atoms with Crippen LogP contribution in [-0.4, -0.2) is 17.0 Å². The molecule has 0 radical (unpaired) electrons. The first-order chi connectivity index (χ1) is 8.29. The van der Waals surface area contributed by atoms with E-state index in [9.17, 15) is 9.59 Å². The highest BCUT2D eigenvalue weighted by molar-refractivity contribution is 6.61. The van der Waals surface area contributed by atoms with E-state index in [0.717, 1.165) is 0 Å². The van der Waals surface area contributed by atoms with Gasteiger partial charge in [-0.25, -0.2) is 9.59 Å². The highest BCUT2D eigenvalue weighted by Gasteiger charge is 2.29. The van der Waals surface area contributed by atoms with Gasteiger partial charge in [0.2, 0.25) is 6.10 Å². The number of carbonyl (C=O) groups excluding carboxylic acids is 2. The summed E-state index contributed by atoms with van der Waals surface area (Å²) in [5.74, 6) is -0.650. The number of benzene rings is 1. The number of esters is 1. The molecule has 0 aliphatic carbocycles. The average molecular weight is 271 g/mol. The molecule has 0 fully saturated rings. The zero-order valence-electron chi connectivity index (χ0n) is 10.5. The van der Waals surface area contributed by atoms with Crippen molar-refractivity contribution >= 4 is 23.0 Å². The summed E-state index contributed by atoms with van der Waals surface area (Å²) in [6, 6.07) is 8.57. The number of carbonyl (C=O) groups is 2. The maximum absolute atomic E-state index is 11.9. The summed E-state index contributed by atoms with van der Waals surface area (Å²) in [5.41, 5.74) is -1.20. The molecule has 1 rings (SSSR count). The molecule has 1 aromatic rings. The smallest absolute Gasteiger partial charge is 0.404 e. The van der Waals surface area contributed by atoms with Crippen molar-refractivity contribution in [2.45, 2.75) is 32.5 Å². The van der Waals surface area contributed by atoms with Crippen LogP contribution in [0.25, 0.3) is 0 Å². The molecule has 1 aromatic carbocycles. The minimum Gasteiger partial charge on any atom is -0.457 e. The van der Waals surface area contributed by atoms with E-state index in [1.807, 2.05) is 0 Å². The van der Waals surface area contributed by atoms with Gasteiger partial charge in [0.15, 0.2) is 0 Å². The van der Waals surface area contributed by atoms with Gasteiger partial charge in [0.05, 0.1) is 0 Å². The third-order valence-electron chi connectivity index (χ3n) is 1.93. The molecule has 0 amide bonds. The lowest BCUT2D eigenvalue weighted by atomic mass is 10.1. The summed E-state index contributed by atoms with van der Waals surface area (Å²) in [5, 5.41) is 0. The summed E-state index contributed by atoms with van der Waals surface area (Å²) in [7, 11) is 0. The van der Waals surface area contributed by atoms with E-state index in [1.54, 1.807) is 51.1 Å². The highest BCUT2D eigenvalue weighted by atomic mass is 35.5. The molecule has 1 atom stereocenters. The number of halogens is 1. The molecular weight excluding hydrogens is 256 g/mol. The molecule has 0 aliphatic heterocycles. The molecule has 98 valence electrons. The topological polar surface area (TPSA) is 52.6 Å². The molecule has 0 bridgehead atoms. The van der Waals surface area contributed by atoms with Crippen molar-refractivity contribution in [3.05, 3.63) is 35.9 Å². The van der Waals surface area contributed by atoms with Crippen LogP contribution in [0.15, 0.2) is 30.3 Å². The van der Waals surface area contributed by atoms with Crippen LogP contribution in [0.1, 0.15) is 32.4 Å². The van der Waals surface area contributed by atoms with Gasteiger partial charge in [-0.05, 0) is 20.8 Å². The van der Waals surface area contributed by atoms with Crippen molar-refractivity contribution in [3.8, 4) is 0 Å². The van der Waals surface area contributed by atoms with Crippen molar-refractivity contribution in [2.24, 2.45) is 0 Å². The minimum atomic E-state index is -1.14. The zero-order chi connectivity index (χ0) is 13.8. The van der Waals surface area contributed by atoms with Crippen LogP contribution in [0, 0.1) is 0 Å². The molecular formula is C13H15ClO4. The van der Waals surface area contributed by atoms with Crippen molar-refractivity contribution < 1.29 is 19.1 Å².